The second-order valence-electron chi connectivity index (χ2n) is 7.10. The molecule has 1 saturated heterocycles. The van der Waals surface area contributed by atoms with E-state index in [-0.39, 0.29) is 30.2 Å². The Morgan fingerprint density at radius 2 is 2.00 bits per heavy atom. The molecule has 1 aliphatic rings. The molecule has 2 heterocycles. The number of rotatable bonds is 6. The van der Waals surface area contributed by atoms with E-state index < -0.39 is 0 Å². The van der Waals surface area contributed by atoms with E-state index >= 15 is 0 Å². The lowest BCUT2D eigenvalue weighted by molar-refractivity contribution is -0.121. The molecule has 1 aliphatic heterocycles. The van der Waals surface area contributed by atoms with Crippen molar-refractivity contribution in [3.63, 3.8) is 0 Å². The van der Waals surface area contributed by atoms with Gasteiger partial charge in [0.25, 0.3) is 0 Å². The summed E-state index contributed by atoms with van der Waals surface area (Å²) in [7, 11) is 0. The van der Waals surface area contributed by atoms with Gasteiger partial charge in [-0.05, 0) is 50.6 Å². The van der Waals surface area contributed by atoms with Crippen molar-refractivity contribution in [2.24, 2.45) is 0 Å². The van der Waals surface area contributed by atoms with Crippen molar-refractivity contribution >= 4 is 17.6 Å². The largest absolute Gasteiger partial charge is 0.352 e. The number of carbonyl (C=O) groups excluding carboxylic acids is 2. The Labute approximate surface area is 163 Å². The van der Waals surface area contributed by atoms with Gasteiger partial charge >= 0.3 is 0 Å². The van der Waals surface area contributed by atoms with Crippen LogP contribution >= 0.6 is 0 Å². The van der Waals surface area contributed by atoms with Crippen LogP contribution in [0.2, 0.25) is 0 Å². The Balaban J connectivity index is 1.62. The highest BCUT2D eigenvalue weighted by atomic mass is 19.1. The van der Waals surface area contributed by atoms with Crippen molar-refractivity contribution in [1.82, 2.24) is 20.0 Å². The van der Waals surface area contributed by atoms with Crippen molar-refractivity contribution in [3.8, 4) is 5.69 Å². The first kappa shape index (κ1) is 20.0. The lowest BCUT2D eigenvalue weighted by Gasteiger charge is -2.32. The zero-order valence-corrected chi connectivity index (χ0v) is 16.2. The van der Waals surface area contributed by atoms with Crippen LogP contribution in [0.1, 0.15) is 31.9 Å². The first-order valence-electron chi connectivity index (χ1n) is 9.58. The molecule has 0 spiro atoms. The minimum atomic E-state index is -0.326. The summed E-state index contributed by atoms with van der Waals surface area (Å²) in [5.41, 5.74) is 1.42. The number of aryl methyl sites for hydroxylation is 1. The van der Waals surface area contributed by atoms with E-state index in [2.05, 4.69) is 15.7 Å². The topological polar surface area (TPSA) is 79.3 Å². The highest BCUT2D eigenvalue weighted by Gasteiger charge is 2.23. The van der Waals surface area contributed by atoms with Crippen LogP contribution in [0.15, 0.2) is 30.3 Å². The molecule has 150 valence electrons. The fraction of sp³-hybridized carbons (Fsp3) is 0.450. The molecule has 0 saturated carbocycles. The summed E-state index contributed by atoms with van der Waals surface area (Å²) in [5, 5.41) is 10.3. The van der Waals surface area contributed by atoms with Gasteiger partial charge in [0.15, 0.2) is 0 Å². The number of benzene rings is 1. The molecule has 0 bridgehead atoms. The Hall–Kier alpha value is -2.74. The van der Waals surface area contributed by atoms with E-state index in [1.54, 1.807) is 22.9 Å². The minimum absolute atomic E-state index is 0.0370. The Kier molecular flexibility index (Phi) is 6.41. The van der Waals surface area contributed by atoms with Gasteiger partial charge in [-0.1, -0.05) is 6.92 Å². The van der Waals surface area contributed by atoms with Crippen LogP contribution in [0, 0.1) is 12.7 Å². The van der Waals surface area contributed by atoms with E-state index in [0.717, 1.165) is 25.1 Å². The molecule has 1 aromatic carbocycles. The second-order valence-corrected chi connectivity index (χ2v) is 7.10. The molecule has 1 unspecified atom stereocenters. The molecule has 7 nitrogen and oxygen atoms in total. The molecule has 0 aliphatic carbocycles. The number of aromatic nitrogens is 2. The maximum atomic E-state index is 13.2. The Bertz CT molecular complexity index is 834. The number of nitrogens with one attached hydrogen (secondary N) is 2. The Morgan fingerprint density at radius 1 is 1.25 bits per heavy atom. The SMILES string of the molecule is CCC(=O)NC1CCCN(CC(=O)Nc2cc(C)nn2-c2ccc(F)cc2)C1. The lowest BCUT2D eigenvalue weighted by Crippen LogP contribution is -2.49. The first-order chi connectivity index (χ1) is 13.4. The molecule has 1 atom stereocenters. The van der Waals surface area contributed by atoms with Gasteiger partial charge in [-0.25, -0.2) is 9.07 Å². The smallest absolute Gasteiger partial charge is 0.239 e. The summed E-state index contributed by atoms with van der Waals surface area (Å²) in [6.07, 6.45) is 2.33. The zero-order valence-electron chi connectivity index (χ0n) is 16.2. The second kappa shape index (κ2) is 8.97. The van der Waals surface area contributed by atoms with Crippen LogP contribution in [-0.2, 0) is 9.59 Å². The normalized spacial score (nSPS) is 17.3. The molecule has 1 aromatic heterocycles. The van der Waals surface area contributed by atoms with Crippen molar-refractivity contribution in [3.05, 3.63) is 41.8 Å². The van der Waals surface area contributed by atoms with Gasteiger partial charge in [-0.15, -0.1) is 0 Å². The molecule has 0 radical (unpaired) electrons. The van der Waals surface area contributed by atoms with Crippen molar-refractivity contribution in [2.45, 2.75) is 39.2 Å². The number of hydrogen-bond donors (Lipinski definition) is 2. The fourth-order valence-corrected chi connectivity index (χ4v) is 3.40. The molecule has 3 rings (SSSR count). The van der Waals surface area contributed by atoms with Crippen LogP contribution in [0.5, 0.6) is 0 Å². The number of piperidine rings is 1. The predicted molar refractivity (Wildman–Crippen MR) is 105 cm³/mol. The molecule has 2 N–H and O–H groups in total. The zero-order chi connectivity index (χ0) is 20.1. The maximum Gasteiger partial charge on any atom is 0.239 e. The van der Waals surface area contributed by atoms with Crippen LogP contribution < -0.4 is 10.6 Å². The van der Waals surface area contributed by atoms with Gasteiger partial charge in [0, 0.05) is 25.1 Å². The predicted octanol–water partition coefficient (Wildman–Crippen LogP) is 2.25. The fourth-order valence-electron chi connectivity index (χ4n) is 3.40. The van der Waals surface area contributed by atoms with Crippen molar-refractivity contribution in [1.29, 1.82) is 0 Å². The van der Waals surface area contributed by atoms with Gasteiger partial charge in [-0.3, -0.25) is 14.5 Å². The minimum Gasteiger partial charge on any atom is -0.352 e. The van der Waals surface area contributed by atoms with Gasteiger partial charge in [0.2, 0.25) is 11.8 Å². The van der Waals surface area contributed by atoms with Crippen LogP contribution in [-0.4, -0.2) is 52.2 Å². The first-order valence-corrected chi connectivity index (χ1v) is 9.58. The monoisotopic (exact) mass is 387 g/mol. The number of anilines is 1. The van der Waals surface area contributed by atoms with Crippen LogP contribution in [0.3, 0.4) is 0 Å². The molecule has 2 aromatic rings. The molecule has 28 heavy (non-hydrogen) atoms. The summed E-state index contributed by atoms with van der Waals surface area (Å²) in [6, 6.07) is 7.81. The highest BCUT2D eigenvalue weighted by molar-refractivity contribution is 5.91. The highest BCUT2D eigenvalue weighted by Crippen LogP contribution is 2.18. The third-order valence-corrected chi connectivity index (χ3v) is 4.73. The van der Waals surface area contributed by atoms with Crippen molar-refractivity contribution in [2.75, 3.05) is 25.0 Å². The number of hydrogen-bond acceptors (Lipinski definition) is 4. The van der Waals surface area contributed by atoms with Crippen LogP contribution in [0.25, 0.3) is 5.69 Å². The average Bonchev–Trinajstić information content (AvgIpc) is 3.02. The quantitative estimate of drug-likeness (QED) is 0.797. The summed E-state index contributed by atoms with van der Waals surface area (Å²) in [6.45, 7) is 5.39. The van der Waals surface area contributed by atoms with E-state index in [0.29, 0.717) is 24.5 Å². The van der Waals surface area contributed by atoms with E-state index in [1.807, 2.05) is 18.7 Å². The Morgan fingerprint density at radius 3 is 2.71 bits per heavy atom. The number of nitrogens with zero attached hydrogens (tertiary/aromatic N) is 3. The average molecular weight is 387 g/mol. The standard InChI is InChI=1S/C20H26FN5O2/c1-3-19(27)22-16-5-4-10-25(12-16)13-20(28)23-18-11-14(2)24-26(18)17-8-6-15(21)7-9-17/h6-9,11,16H,3-5,10,12-13H2,1-2H3,(H,22,27)(H,23,28). The van der Waals surface area contributed by atoms with E-state index in [1.165, 1.54) is 12.1 Å². The number of carbonyl (C=O) groups is 2. The summed E-state index contributed by atoms with van der Waals surface area (Å²) < 4.78 is 14.8. The molecule has 1 fully saturated rings. The van der Waals surface area contributed by atoms with Gasteiger partial charge in [0.1, 0.15) is 11.6 Å². The van der Waals surface area contributed by atoms with Gasteiger partial charge in [-0.2, -0.15) is 5.10 Å². The number of amides is 2. The lowest BCUT2D eigenvalue weighted by atomic mass is 10.1. The number of halogens is 1. The summed E-state index contributed by atoms with van der Waals surface area (Å²) in [4.78, 5) is 26.2. The third-order valence-electron chi connectivity index (χ3n) is 4.73. The third kappa shape index (κ3) is 5.16. The maximum absolute atomic E-state index is 13.2. The molecular weight excluding hydrogens is 361 g/mol. The van der Waals surface area contributed by atoms with E-state index in [9.17, 15) is 14.0 Å². The summed E-state index contributed by atoms with van der Waals surface area (Å²) in [5.74, 6) is 0.107. The number of likely N-dealkylation sites (tertiary alicyclic amines) is 1. The summed E-state index contributed by atoms with van der Waals surface area (Å²) >= 11 is 0. The molecule has 2 amide bonds. The van der Waals surface area contributed by atoms with Crippen LogP contribution in [0.4, 0.5) is 10.2 Å². The molecule has 8 heteroatoms. The van der Waals surface area contributed by atoms with E-state index in [4.69, 9.17) is 0 Å². The van der Waals surface area contributed by atoms with Crippen molar-refractivity contribution < 1.29 is 14.0 Å². The van der Waals surface area contributed by atoms with Gasteiger partial charge < -0.3 is 10.6 Å². The molecular formula is C20H26FN5O2. The van der Waals surface area contributed by atoms with Gasteiger partial charge in [0.05, 0.1) is 17.9 Å².